The molecular weight excluding hydrogens is 342 g/mol. The van der Waals surface area contributed by atoms with Crippen LogP contribution in [0.3, 0.4) is 0 Å². The minimum Gasteiger partial charge on any atom is -0.497 e. The highest BCUT2D eigenvalue weighted by molar-refractivity contribution is 5.94. The Hall–Kier alpha value is -3.35. The maximum atomic E-state index is 13.2. The second-order valence-corrected chi connectivity index (χ2v) is 6.56. The Bertz CT molecular complexity index is 923. The van der Waals surface area contributed by atoms with Crippen molar-refractivity contribution in [3.05, 3.63) is 66.5 Å². The van der Waals surface area contributed by atoms with Gasteiger partial charge in [-0.15, -0.1) is 0 Å². The summed E-state index contributed by atoms with van der Waals surface area (Å²) in [6.45, 7) is 1.99. The molecule has 2 aromatic carbocycles. The SMILES string of the molecule is COc1ccc(C2C(C(=O)Nc3ccccc3)C(C)Nc3ncnn32)cc1. The topological polar surface area (TPSA) is 81.1 Å². The first-order valence-electron chi connectivity index (χ1n) is 8.83. The second kappa shape index (κ2) is 7.11. The Morgan fingerprint density at radius 1 is 1.15 bits per heavy atom. The maximum Gasteiger partial charge on any atom is 0.232 e. The molecule has 7 nitrogen and oxygen atoms in total. The van der Waals surface area contributed by atoms with Gasteiger partial charge in [0, 0.05) is 11.7 Å². The van der Waals surface area contributed by atoms with Crippen LogP contribution in [0.15, 0.2) is 60.9 Å². The Balaban J connectivity index is 1.71. The molecule has 7 heteroatoms. The highest BCUT2D eigenvalue weighted by Crippen LogP contribution is 2.36. The van der Waals surface area contributed by atoms with Crippen LogP contribution in [0.4, 0.5) is 11.6 Å². The number of nitrogens with one attached hydrogen (secondary N) is 2. The molecule has 1 aliphatic heterocycles. The van der Waals surface area contributed by atoms with Crippen molar-refractivity contribution >= 4 is 17.5 Å². The van der Waals surface area contributed by atoms with Crippen molar-refractivity contribution in [3.8, 4) is 5.75 Å². The zero-order valence-electron chi connectivity index (χ0n) is 15.2. The Kier molecular flexibility index (Phi) is 4.50. The van der Waals surface area contributed by atoms with Crippen LogP contribution in [0, 0.1) is 5.92 Å². The third-order valence-corrected chi connectivity index (χ3v) is 4.87. The van der Waals surface area contributed by atoms with Crippen LogP contribution in [-0.2, 0) is 4.79 Å². The van der Waals surface area contributed by atoms with Crippen molar-refractivity contribution < 1.29 is 9.53 Å². The number of methoxy groups -OCH3 is 1. The summed E-state index contributed by atoms with van der Waals surface area (Å²) in [6, 6.07) is 16.8. The van der Waals surface area contributed by atoms with Crippen LogP contribution in [0.1, 0.15) is 18.5 Å². The van der Waals surface area contributed by atoms with E-state index in [0.29, 0.717) is 5.95 Å². The first kappa shape index (κ1) is 17.1. The van der Waals surface area contributed by atoms with E-state index in [0.717, 1.165) is 17.0 Å². The molecule has 0 spiro atoms. The molecular formula is C20H21N5O2. The first-order valence-corrected chi connectivity index (χ1v) is 8.83. The summed E-state index contributed by atoms with van der Waals surface area (Å²) < 4.78 is 7.03. The molecule has 3 unspecified atom stereocenters. The van der Waals surface area contributed by atoms with Gasteiger partial charge in [-0.1, -0.05) is 30.3 Å². The number of anilines is 2. The van der Waals surface area contributed by atoms with Gasteiger partial charge >= 0.3 is 0 Å². The average molecular weight is 363 g/mol. The smallest absolute Gasteiger partial charge is 0.232 e. The lowest BCUT2D eigenvalue weighted by atomic mass is 9.85. The van der Waals surface area contributed by atoms with Crippen molar-refractivity contribution in [2.75, 3.05) is 17.7 Å². The number of carbonyl (C=O) groups excluding carboxylic acids is 1. The third kappa shape index (κ3) is 3.23. The molecule has 3 atom stereocenters. The van der Waals surface area contributed by atoms with Gasteiger partial charge in [-0.2, -0.15) is 10.1 Å². The normalized spacial score (nSPS) is 21.0. The van der Waals surface area contributed by atoms with Crippen molar-refractivity contribution in [1.29, 1.82) is 0 Å². The van der Waals surface area contributed by atoms with E-state index in [1.807, 2.05) is 61.5 Å². The molecule has 138 valence electrons. The van der Waals surface area contributed by atoms with Crippen LogP contribution < -0.4 is 15.4 Å². The fraction of sp³-hybridized carbons (Fsp3) is 0.250. The Morgan fingerprint density at radius 3 is 2.59 bits per heavy atom. The summed E-state index contributed by atoms with van der Waals surface area (Å²) in [5, 5.41) is 10.7. The average Bonchev–Trinajstić information content (AvgIpc) is 3.15. The van der Waals surface area contributed by atoms with Crippen LogP contribution in [0.2, 0.25) is 0 Å². The standard InChI is InChI=1S/C20H21N5O2/c1-13-17(19(26)24-15-6-4-3-5-7-15)18(25-20(23-13)21-12-22-25)14-8-10-16(27-2)11-9-14/h3-13,17-18H,1-2H3,(H,24,26)(H,21,22,23). The molecule has 4 rings (SSSR count). The van der Waals surface area contributed by atoms with E-state index >= 15 is 0 Å². The summed E-state index contributed by atoms with van der Waals surface area (Å²) in [4.78, 5) is 17.5. The quantitative estimate of drug-likeness (QED) is 0.745. The molecule has 0 saturated carbocycles. The number of carbonyl (C=O) groups is 1. The molecule has 27 heavy (non-hydrogen) atoms. The molecule has 0 saturated heterocycles. The number of aromatic nitrogens is 3. The van der Waals surface area contributed by atoms with Gasteiger partial charge in [0.25, 0.3) is 0 Å². The van der Waals surface area contributed by atoms with E-state index in [1.165, 1.54) is 6.33 Å². The molecule has 0 bridgehead atoms. The predicted octanol–water partition coefficient (Wildman–Crippen LogP) is 2.95. The number of ether oxygens (including phenoxy) is 1. The van der Waals surface area contributed by atoms with Gasteiger partial charge in [-0.25, -0.2) is 4.68 Å². The number of amides is 1. The molecule has 1 aromatic heterocycles. The second-order valence-electron chi connectivity index (χ2n) is 6.56. The lowest BCUT2D eigenvalue weighted by Crippen LogP contribution is -2.46. The monoisotopic (exact) mass is 363 g/mol. The van der Waals surface area contributed by atoms with Crippen molar-refractivity contribution in [3.63, 3.8) is 0 Å². The largest absolute Gasteiger partial charge is 0.497 e. The van der Waals surface area contributed by atoms with E-state index in [2.05, 4.69) is 20.7 Å². The van der Waals surface area contributed by atoms with Crippen molar-refractivity contribution in [1.82, 2.24) is 14.8 Å². The van der Waals surface area contributed by atoms with Gasteiger partial charge < -0.3 is 15.4 Å². The molecule has 2 N–H and O–H groups in total. The van der Waals surface area contributed by atoms with Crippen LogP contribution in [0.5, 0.6) is 5.75 Å². The summed E-state index contributed by atoms with van der Waals surface area (Å²) in [7, 11) is 1.63. The van der Waals surface area contributed by atoms with Gasteiger partial charge in [0.15, 0.2) is 0 Å². The molecule has 1 aliphatic rings. The van der Waals surface area contributed by atoms with Gasteiger partial charge in [-0.05, 0) is 36.8 Å². The highest BCUT2D eigenvalue weighted by Gasteiger charge is 2.41. The zero-order valence-corrected chi connectivity index (χ0v) is 15.2. The van der Waals surface area contributed by atoms with E-state index in [4.69, 9.17) is 4.74 Å². The van der Waals surface area contributed by atoms with Gasteiger partial charge in [0.1, 0.15) is 12.1 Å². The lowest BCUT2D eigenvalue weighted by molar-refractivity contribution is -0.121. The molecule has 3 aromatic rings. The fourth-order valence-electron chi connectivity index (χ4n) is 3.54. The fourth-order valence-corrected chi connectivity index (χ4v) is 3.54. The molecule has 0 radical (unpaired) electrons. The number of rotatable bonds is 4. The minimum atomic E-state index is -0.368. The summed E-state index contributed by atoms with van der Waals surface area (Å²) in [5.74, 6) is 0.993. The molecule has 0 aliphatic carbocycles. The maximum absolute atomic E-state index is 13.2. The number of benzene rings is 2. The lowest BCUT2D eigenvalue weighted by Gasteiger charge is -2.36. The third-order valence-electron chi connectivity index (χ3n) is 4.87. The summed E-state index contributed by atoms with van der Waals surface area (Å²) in [6.07, 6.45) is 1.50. The van der Waals surface area contributed by atoms with Crippen LogP contribution >= 0.6 is 0 Å². The van der Waals surface area contributed by atoms with E-state index in [-0.39, 0.29) is 23.9 Å². The van der Waals surface area contributed by atoms with E-state index in [1.54, 1.807) is 11.8 Å². The minimum absolute atomic E-state index is 0.0665. The van der Waals surface area contributed by atoms with Crippen LogP contribution in [-0.4, -0.2) is 33.8 Å². The van der Waals surface area contributed by atoms with Crippen molar-refractivity contribution in [2.45, 2.75) is 19.0 Å². The number of nitrogens with zero attached hydrogens (tertiary/aromatic N) is 3. The highest BCUT2D eigenvalue weighted by atomic mass is 16.5. The number of para-hydroxylation sites is 1. The molecule has 1 amide bonds. The number of hydrogen-bond donors (Lipinski definition) is 2. The van der Waals surface area contributed by atoms with Gasteiger partial charge in [-0.3, -0.25) is 4.79 Å². The first-order chi connectivity index (χ1) is 13.2. The molecule has 2 heterocycles. The Morgan fingerprint density at radius 2 is 1.89 bits per heavy atom. The zero-order chi connectivity index (χ0) is 18.8. The van der Waals surface area contributed by atoms with Gasteiger partial charge in [0.05, 0.1) is 19.1 Å². The number of fused-ring (bicyclic) bond motifs is 1. The van der Waals surface area contributed by atoms with E-state index in [9.17, 15) is 4.79 Å². The van der Waals surface area contributed by atoms with Gasteiger partial charge in [0.2, 0.25) is 11.9 Å². The van der Waals surface area contributed by atoms with E-state index < -0.39 is 0 Å². The molecule has 0 fully saturated rings. The predicted molar refractivity (Wildman–Crippen MR) is 103 cm³/mol. The van der Waals surface area contributed by atoms with Crippen molar-refractivity contribution in [2.24, 2.45) is 5.92 Å². The summed E-state index contributed by atoms with van der Waals surface area (Å²) in [5.41, 5.74) is 1.75. The summed E-state index contributed by atoms with van der Waals surface area (Å²) >= 11 is 0. The Labute approximate surface area is 157 Å². The number of hydrogen-bond acceptors (Lipinski definition) is 5. The van der Waals surface area contributed by atoms with Crippen LogP contribution in [0.25, 0.3) is 0 Å².